The highest BCUT2D eigenvalue weighted by Crippen LogP contribution is 2.12. The van der Waals surface area contributed by atoms with Gasteiger partial charge in [0.2, 0.25) is 0 Å². The Morgan fingerprint density at radius 3 is 2.79 bits per heavy atom. The molecule has 14 heavy (non-hydrogen) atoms. The molecule has 1 atom stereocenters. The van der Waals surface area contributed by atoms with Crippen LogP contribution in [0.2, 0.25) is 0 Å². The predicted octanol–water partition coefficient (Wildman–Crippen LogP) is 1.27. The molecule has 0 aliphatic carbocycles. The van der Waals surface area contributed by atoms with E-state index < -0.39 is 0 Å². The van der Waals surface area contributed by atoms with Gasteiger partial charge in [0.05, 0.1) is 26.0 Å². The van der Waals surface area contributed by atoms with E-state index in [1.165, 1.54) is 0 Å². The van der Waals surface area contributed by atoms with E-state index in [9.17, 15) is 0 Å². The first-order valence-electron chi connectivity index (χ1n) is 4.67. The Morgan fingerprint density at radius 1 is 1.57 bits per heavy atom. The Balaban J connectivity index is 2.58. The molecule has 0 aliphatic rings. The van der Waals surface area contributed by atoms with Gasteiger partial charge in [0.1, 0.15) is 11.6 Å². The second-order valence-corrected chi connectivity index (χ2v) is 3.02. The second-order valence-electron chi connectivity index (χ2n) is 3.02. The number of hydrogen-bond acceptors (Lipinski definition) is 4. The number of ether oxygens (including phenoxy) is 1. The molecule has 1 aromatic rings. The zero-order chi connectivity index (χ0) is 10.4. The quantitative estimate of drug-likeness (QED) is 0.744. The monoisotopic (exact) mass is 196 g/mol. The lowest BCUT2D eigenvalue weighted by atomic mass is 10.2. The lowest BCUT2D eigenvalue weighted by molar-refractivity contribution is 0.271. The summed E-state index contributed by atoms with van der Waals surface area (Å²) in [6.07, 6.45) is 2.51. The summed E-state index contributed by atoms with van der Waals surface area (Å²) in [5.41, 5.74) is 0. The molecule has 0 fully saturated rings. The molecule has 0 bridgehead atoms. The van der Waals surface area contributed by atoms with Gasteiger partial charge in [-0.1, -0.05) is 6.92 Å². The van der Waals surface area contributed by atoms with Crippen LogP contribution >= 0.6 is 0 Å². The van der Waals surface area contributed by atoms with Gasteiger partial charge in [-0.3, -0.25) is 0 Å². The van der Waals surface area contributed by atoms with E-state index >= 15 is 0 Å². The predicted molar refractivity (Wildman–Crippen MR) is 55.6 cm³/mol. The first-order valence-corrected chi connectivity index (χ1v) is 4.67. The number of rotatable bonds is 5. The highest BCUT2D eigenvalue weighted by atomic mass is 16.5. The van der Waals surface area contributed by atoms with E-state index in [-0.39, 0.29) is 12.6 Å². The molecule has 0 radical (unpaired) electrons. The minimum absolute atomic E-state index is 0.0656. The fourth-order valence-corrected chi connectivity index (χ4v) is 1.07. The Morgan fingerprint density at radius 2 is 2.36 bits per heavy atom. The molecule has 0 saturated heterocycles. The van der Waals surface area contributed by atoms with Crippen LogP contribution in [-0.4, -0.2) is 29.8 Å². The SMILES string of the molecule is CCC(CO)Nc1ccc(OC)cn1. The first kappa shape index (κ1) is 10.8. The minimum Gasteiger partial charge on any atom is -0.495 e. The molecule has 2 N–H and O–H groups in total. The number of aliphatic hydroxyl groups is 1. The summed E-state index contributed by atoms with van der Waals surface area (Å²) in [6, 6.07) is 3.73. The second kappa shape index (κ2) is 5.44. The van der Waals surface area contributed by atoms with E-state index in [2.05, 4.69) is 10.3 Å². The highest BCUT2D eigenvalue weighted by Gasteiger charge is 2.04. The molecule has 0 spiro atoms. The van der Waals surface area contributed by atoms with Gasteiger partial charge in [0, 0.05) is 0 Å². The zero-order valence-electron chi connectivity index (χ0n) is 8.53. The standard InChI is InChI=1S/C10H16N2O2/c1-3-8(7-13)12-10-5-4-9(14-2)6-11-10/h4-6,8,13H,3,7H2,1-2H3,(H,11,12). The molecular weight excluding hydrogens is 180 g/mol. The Labute approximate surface area is 83.9 Å². The topological polar surface area (TPSA) is 54.4 Å². The van der Waals surface area contributed by atoms with Crippen molar-refractivity contribution >= 4 is 5.82 Å². The van der Waals surface area contributed by atoms with Crippen LogP contribution < -0.4 is 10.1 Å². The third-order valence-corrected chi connectivity index (χ3v) is 2.04. The van der Waals surface area contributed by atoms with Crippen molar-refractivity contribution in [2.24, 2.45) is 0 Å². The van der Waals surface area contributed by atoms with Crippen molar-refractivity contribution < 1.29 is 9.84 Å². The van der Waals surface area contributed by atoms with E-state index in [0.717, 1.165) is 18.0 Å². The van der Waals surface area contributed by atoms with Gasteiger partial charge >= 0.3 is 0 Å². The summed E-state index contributed by atoms with van der Waals surface area (Å²) < 4.78 is 4.99. The van der Waals surface area contributed by atoms with E-state index in [1.807, 2.05) is 19.1 Å². The summed E-state index contributed by atoms with van der Waals surface area (Å²) in [5.74, 6) is 1.49. The molecule has 1 unspecified atom stereocenters. The van der Waals surface area contributed by atoms with Crippen molar-refractivity contribution in [1.82, 2.24) is 4.98 Å². The highest BCUT2D eigenvalue weighted by molar-refractivity contribution is 5.38. The maximum Gasteiger partial charge on any atom is 0.137 e. The number of pyridine rings is 1. The summed E-state index contributed by atoms with van der Waals surface area (Å²) in [7, 11) is 1.60. The van der Waals surface area contributed by atoms with Crippen molar-refractivity contribution in [3.05, 3.63) is 18.3 Å². The van der Waals surface area contributed by atoms with E-state index in [4.69, 9.17) is 9.84 Å². The average molecular weight is 196 g/mol. The van der Waals surface area contributed by atoms with Crippen molar-refractivity contribution in [2.75, 3.05) is 19.0 Å². The van der Waals surface area contributed by atoms with Crippen LogP contribution in [0.4, 0.5) is 5.82 Å². The van der Waals surface area contributed by atoms with Gasteiger partial charge < -0.3 is 15.2 Å². The summed E-state index contributed by atoms with van der Waals surface area (Å²) >= 11 is 0. The molecular formula is C10H16N2O2. The maximum atomic E-state index is 8.97. The number of hydrogen-bond donors (Lipinski definition) is 2. The van der Waals surface area contributed by atoms with Crippen LogP contribution in [0.5, 0.6) is 5.75 Å². The molecule has 4 nitrogen and oxygen atoms in total. The lowest BCUT2D eigenvalue weighted by Crippen LogP contribution is -2.23. The van der Waals surface area contributed by atoms with Gasteiger partial charge in [-0.15, -0.1) is 0 Å². The van der Waals surface area contributed by atoms with Crippen molar-refractivity contribution in [1.29, 1.82) is 0 Å². The minimum atomic E-state index is 0.0656. The number of nitrogens with one attached hydrogen (secondary N) is 1. The number of aromatic nitrogens is 1. The summed E-state index contributed by atoms with van der Waals surface area (Å²) in [5, 5.41) is 12.1. The van der Waals surface area contributed by atoms with Crippen LogP contribution in [0.25, 0.3) is 0 Å². The summed E-state index contributed by atoms with van der Waals surface area (Å²) in [4.78, 5) is 4.14. The number of aliphatic hydroxyl groups excluding tert-OH is 1. The fraction of sp³-hybridized carbons (Fsp3) is 0.500. The van der Waals surface area contributed by atoms with Gasteiger partial charge in [-0.05, 0) is 18.6 Å². The van der Waals surface area contributed by atoms with Gasteiger partial charge in [-0.2, -0.15) is 0 Å². The number of methoxy groups -OCH3 is 1. The third-order valence-electron chi connectivity index (χ3n) is 2.04. The average Bonchev–Trinajstić information content (AvgIpc) is 2.26. The molecule has 1 aromatic heterocycles. The summed E-state index contributed by atoms with van der Waals surface area (Å²) in [6.45, 7) is 2.13. The normalized spacial score (nSPS) is 12.2. The molecule has 0 amide bonds. The van der Waals surface area contributed by atoms with Crippen LogP contribution in [0.15, 0.2) is 18.3 Å². The lowest BCUT2D eigenvalue weighted by Gasteiger charge is -2.14. The number of nitrogens with zero attached hydrogens (tertiary/aromatic N) is 1. The molecule has 0 saturated carbocycles. The fourth-order valence-electron chi connectivity index (χ4n) is 1.07. The first-order chi connectivity index (χ1) is 6.80. The van der Waals surface area contributed by atoms with Crippen LogP contribution in [0, 0.1) is 0 Å². The van der Waals surface area contributed by atoms with E-state index in [0.29, 0.717) is 0 Å². The smallest absolute Gasteiger partial charge is 0.137 e. The van der Waals surface area contributed by atoms with Gasteiger partial charge in [0.15, 0.2) is 0 Å². The third kappa shape index (κ3) is 2.88. The molecule has 78 valence electrons. The molecule has 0 aliphatic heterocycles. The van der Waals surface area contributed by atoms with E-state index in [1.54, 1.807) is 13.3 Å². The Bertz CT molecular complexity index is 257. The molecule has 1 rings (SSSR count). The molecule has 1 heterocycles. The van der Waals surface area contributed by atoms with Crippen LogP contribution in [0.3, 0.4) is 0 Å². The Hall–Kier alpha value is -1.29. The largest absolute Gasteiger partial charge is 0.495 e. The van der Waals surface area contributed by atoms with Crippen LogP contribution in [0.1, 0.15) is 13.3 Å². The van der Waals surface area contributed by atoms with Crippen molar-refractivity contribution in [2.45, 2.75) is 19.4 Å². The Kier molecular flexibility index (Phi) is 4.19. The van der Waals surface area contributed by atoms with Gasteiger partial charge in [-0.25, -0.2) is 4.98 Å². The molecule has 4 heteroatoms. The maximum absolute atomic E-state index is 8.97. The van der Waals surface area contributed by atoms with Crippen LogP contribution in [-0.2, 0) is 0 Å². The number of anilines is 1. The van der Waals surface area contributed by atoms with Gasteiger partial charge in [0.25, 0.3) is 0 Å². The van der Waals surface area contributed by atoms with Crippen molar-refractivity contribution in [3.8, 4) is 5.75 Å². The zero-order valence-corrected chi connectivity index (χ0v) is 8.53. The molecule has 0 aromatic carbocycles. The van der Waals surface area contributed by atoms with Crippen molar-refractivity contribution in [3.63, 3.8) is 0 Å².